The largest absolute Gasteiger partial charge is 0.493 e. The predicted octanol–water partition coefficient (Wildman–Crippen LogP) is 2.24. The highest BCUT2D eigenvalue weighted by atomic mass is 16.5. The molecule has 0 aliphatic heterocycles. The summed E-state index contributed by atoms with van der Waals surface area (Å²) in [6, 6.07) is 5.52. The Hall–Kier alpha value is -1.42. The maximum absolute atomic E-state index is 9.21. The van der Waals surface area contributed by atoms with E-state index >= 15 is 0 Å². The van der Waals surface area contributed by atoms with Crippen LogP contribution in [0.15, 0.2) is 18.2 Å². The van der Waals surface area contributed by atoms with E-state index in [0.29, 0.717) is 12.3 Å². The molecule has 0 radical (unpaired) electrons. The quantitative estimate of drug-likeness (QED) is 0.665. The maximum Gasteiger partial charge on any atom is 0.123 e. The van der Waals surface area contributed by atoms with Crippen molar-refractivity contribution in [1.29, 1.82) is 0 Å². The molecule has 0 atom stereocenters. The second-order valence-corrected chi connectivity index (χ2v) is 4.81. The molecule has 0 amide bonds. The van der Waals surface area contributed by atoms with E-state index < -0.39 is 0 Å². The second kappa shape index (κ2) is 5.77. The van der Waals surface area contributed by atoms with Crippen LogP contribution >= 0.6 is 0 Å². The van der Waals surface area contributed by atoms with Gasteiger partial charge in [0.05, 0.1) is 18.8 Å². The summed E-state index contributed by atoms with van der Waals surface area (Å²) in [5.74, 6) is 0.753. The molecule has 0 aliphatic carbocycles. The lowest BCUT2D eigenvalue weighted by molar-refractivity contribution is 0.234. The minimum absolute atomic E-state index is 0.0486. The predicted molar refractivity (Wildman–Crippen MR) is 71.4 cm³/mol. The maximum atomic E-state index is 9.21. The average molecular weight is 238 g/mol. The van der Waals surface area contributed by atoms with Gasteiger partial charge in [-0.25, -0.2) is 0 Å². The summed E-state index contributed by atoms with van der Waals surface area (Å²) in [6.07, 6.45) is 0.958. The van der Waals surface area contributed by atoms with Crippen molar-refractivity contribution in [2.24, 2.45) is 0 Å². The molecule has 4 nitrogen and oxygen atoms in total. The van der Waals surface area contributed by atoms with Gasteiger partial charge in [0.25, 0.3) is 0 Å². The van der Waals surface area contributed by atoms with Crippen LogP contribution in [-0.4, -0.2) is 23.9 Å². The number of hydrogen-bond donors (Lipinski definition) is 3. The third-order valence-electron chi connectivity index (χ3n) is 2.28. The molecule has 0 fully saturated rings. The van der Waals surface area contributed by atoms with Gasteiger partial charge in [-0.05, 0) is 26.3 Å². The highest BCUT2D eigenvalue weighted by Crippen LogP contribution is 2.25. The molecule has 1 aromatic carbocycles. The lowest BCUT2D eigenvalue weighted by Crippen LogP contribution is -2.34. The van der Waals surface area contributed by atoms with Crippen molar-refractivity contribution in [2.75, 3.05) is 24.3 Å². The van der Waals surface area contributed by atoms with Gasteiger partial charge in [0, 0.05) is 23.5 Å². The number of rotatable bonds is 6. The SMILES string of the molecule is CCCOc1cc(N)cc(NC(C)(C)CO)c1. The number of aliphatic hydroxyl groups excluding tert-OH is 1. The standard InChI is InChI=1S/C13H22N2O2/c1-4-5-17-12-7-10(14)6-11(8-12)15-13(2,3)9-16/h6-8,15-16H,4-5,9,14H2,1-3H3. The smallest absolute Gasteiger partial charge is 0.123 e. The first-order chi connectivity index (χ1) is 7.96. The second-order valence-electron chi connectivity index (χ2n) is 4.81. The van der Waals surface area contributed by atoms with Gasteiger partial charge >= 0.3 is 0 Å². The molecule has 1 aromatic rings. The zero-order valence-corrected chi connectivity index (χ0v) is 10.8. The van der Waals surface area contributed by atoms with Crippen LogP contribution in [0, 0.1) is 0 Å². The minimum Gasteiger partial charge on any atom is -0.493 e. The monoisotopic (exact) mass is 238 g/mol. The summed E-state index contributed by atoms with van der Waals surface area (Å²) in [5.41, 5.74) is 6.93. The third-order valence-corrected chi connectivity index (χ3v) is 2.28. The first-order valence-corrected chi connectivity index (χ1v) is 5.89. The lowest BCUT2D eigenvalue weighted by Gasteiger charge is -2.25. The highest BCUT2D eigenvalue weighted by molar-refractivity contribution is 5.60. The van der Waals surface area contributed by atoms with Crippen LogP contribution < -0.4 is 15.8 Å². The molecule has 0 bridgehead atoms. The Morgan fingerprint density at radius 3 is 2.65 bits per heavy atom. The first-order valence-electron chi connectivity index (χ1n) is 5.89. The van der Waals surface area contributed by atoms with E-state index in [4.69, 9.17) is 10.5 Å². The summed E-state index contributed by atoms with van der Waals surface area (Å²) in [4.78, 5) is 0. The van der Waals surface area contributed by atoms with E-state index in [0.717, 1.165) is 17.9 Å². The van der Waals surface area contributed by atoms with Crippen molar-refractivity contribution in [1.82, 2.24) is 0 Å². The number of nitrogens with two attached hydrogens (primary N) is 1. The summed E-state index contributed by atoms with van der Waals surface area (Å²) in [5, 5.41) is 12.4. The van der Waals surface area contributed by atoms with Crippen LogP contribution in [0.1, 0.15) is 27.2 Å². The molecule has 0 heterocycles. The normalized spacial score (nSPS) is 11.3. The van der Waals surface area contributed by atoms with E-state index in [1.165, 1.54) is 0 Å². The van der Waals surface area contributed by atoms with E-state index in [2.05, 4.69) is 12.2 Å². The van der Waals surface area contributed by atoms with Gasteiger partial charge in [-0.1, -0.05) is 6.92 Å². The number of benzene rings is 1. The molecule has 0 spiro atoms. The van der Waals surface area contributed by atoms with Gasteiger partial charge in [0.2, 0.25) is 0 Å². The Balaban J connectivity index is 2.82. The van der Waals surface area contributed by atoms with Crippen LogP contribution in [-0.2, 0) is 0 Å². The van der Waals surface area contributed by atoms with Gasteiger partial charge in [-0.3, -0.25) is 0 Å². The topological polar surface area (TPSA) is 67.5 Å². The van der Waals surface area contributed by atoms with Crippen molar-refractivity contribution in [2.45, 2.75) is 32.7 Å². The Morgan fingerprint density at radius 1 is 1.35 bits per heavy atom. The van der Waals surface area contributed by atoms with E-state index in [9.17, 15) is 5.11 Å². The molecule has 4 N–H and O–H groups in total. The van der Waals surface area contributed by atoms with Crippen LogP contribution in [0.5, 0.6) is 5.75 Å². The number of nitrogen functional groups attached to an aromatic ring is 1. The molecule has 17 heavy (non-hydrogen) atoms. The lowest BCUT2D eigenvalue weighted by atomic mass is 10.1. The van der Waals surface area contributed by atoms with Crippen LogP contribution in [0.25, 0.3) is 0 Å². The van der Waals surface area contributed by atoms with Crippen LogP contribution in [0.3, 0.4) is 0 Å². The molecule has 4 heteroatoms. The van der Waals surface area contributed by atoms with E-state index in [-0.39, 0.29) is 12.1 Å². The number of anilines is 2. The fraction of sp³-hybridized carbons (Fsp3) is 0.538. The Bertz CT molecular complexity index is 364. The van der Waals surface area contributed by atoms with Crippen molar-refractivity contribution in [3.8, 4) is 5.75 Å². The van der Waals surface area contributed by atoms with Crippen LogP contribution in [0.2, 0.25) is 0 Å². The Labute approximate surface area is 103 Å². The van der Waals surface area contributed by atoms with Gasteiger partial charge in [0.1, 0.15) is 5.75 Å². The summed E-state index contributed by atoms with van der Waals surface area (Å²) in [7, 11) is 0. The summed E-state index contributed by atoms with van der Waals surface area (Å²) < 4.78 is 5.54. The van der Waals surface area contributed by atoms with Gasteiger partial charge in [0.15, 0.2) is 0 Å². The molecule has 0 saturated heterocycles. The molecule has 1 rings (SSSR count). The number of aliphatic hydroxyl groups is 1. The number of hydrogen-bond acceptors (Lipinski definition) is 4. The summed E-state index contributed by atoms with van der Waals surface area (Å²) >= 11 is 0. The van der Waals surface area contributed by atoms with Crippen molar-refractivity contribution in [3.63, 3.8) is 0 Å². The van der Waals surface area contributed by atoms with Crippen LogP contribution in [0.4, 0.5) is 11.4 Å². The van der Waals surface area contributed by atoms with Crippen molar-refractivity contribution < 1.29 is 9.84 Å². The molecule has 96 valence electrons. The molecular formula is C13H22N2O2. The number of ether oxygens (including phenoxy) is 1. The Kier molecular flexibility index (Phi) is 4.63. The molecule has 0 unspecified atom stereocenters. The van der Waals surface area contributed by atoms with Crippen molar-refractivity contribution >= 4 is 11.4 Å². The zero-order chi connectivity index (χ0) is 12.9. The molecule has 0 aliphatic rings. The molecule has 0 saturated carbocycles. The fourth-order valence-corrected chi connectivity index (χ4v) is 1.43. The Morgan fingerprint density at radius 2 is 2.06 bits per heavy atom. The highest BCUT2D eigenvalue weighted by Gasteiger charge is 2.16. The molecular weight excluding hydrogens is 216 g/mol. The minimum atomic E-state index is -0.379. The third kappa shape index (κ3) is 4.53. The molecule has 0 aromatic heterocycles. The summed E-state index contributed by atoms with van der Waals surface area (Å²) in [6.45, 7) is 6.62. The first kappa shape index (κ1) is 13.6. The average Bonchev–Trinajstić information content (AvgIpc) is 2.25. The number of nitrogens with one attached hydrogen (secondary N) is 1. The van der Waals surface area contributed by atoms with Gasteiger partial charge in [-0.2, -0.15) is 0 Å². The van der Waals surface area contributed by atoms with Gasteiger partial charge < -0.3 is 20.9 Å². The van der Waals surface area contributed by atoms with Crippen molar-refractivity contribution in [3.05, 3.63) is 18.2 Å². The van der Waals surface area contributed by atoms with E-state index in [1.54, 1.807) is 6.07 Å². The zero-order valence-electron chi connectivity index (χ0n) is 10.8. The van der Waals surface area contributed by atoms with Gasteiger partial charge in [-0.15, -0.1) is 0 Å². The van der Waals surface area contributed by atoms with E-state index in [1.807, 2.05) is 26.0 Å². The fourth-order valence-electron chi connectivity index (χ4n) is 1.43.